The van der Waals surface area contributed by atoms with E-state index in [1.165, 1.54) is 16.7 Å². The lowest BCUT2D eigenvalue weighted by Crippen LogP contribution is -2.32. The summed E-state index contributed by atoms with van der Waals surface area (Å²) in [6, 6.07) is 30.1. The first-order valence-electron chi connectivity index (χ1n) is 10.1. The number of nitrogens with one attached hydrogen (secondary N) is 1. The number of anilines is 1. The summed E-state index contributed by atoms with van der Waals surface area (Å²) in [5.41, 5.74) is 5.15. The Bertz CT molecular complexity index is 816. The zero-order valence-corrected chi connectivity index (χ0v) is 16.6. The summed E-state index contributed by atoms with van der Waals surface area (Å²) in [6.45, 7) is 2.95. The third kappa shape index (κ3) is 4.89. The average Bonchev–Trinajstić information content (AvgIpc) is 2.75. The van der Waals surface area contributed by atoms with Crippen LogP contribution >= 0.6 is 0 Å². The monoisotopic (exact) mass is 371 g/mol. The Labute approximate surface area is 168 Å². The van der Waals surface area contributed by atoms with Crippen LogP contribution in [0.15, 0.2) is 84.9 Å². The minimum Gasteiger partial charge on any atom is -0.384 e. The number of hydrogen-bond donors (Lipinski definition) is 1. The maximum Gasteiger partial charge on any atom is 0.121 e. The van der Waals surface area contributed by atoms with Gasteiger partial charge >= 0.3 is 0 Å². The van der Waals surface area contributed by atoms with Crippen LogP contribution in [0.25, 0.3) is 0 Å². The fourth-order valence-corrected chi connectivity index (χ4v) is 4.03. The van der Waals surface area contributed by atoms with Crippen LogP contribution in [0.1, 0.15) is 36.5 Å². The zero-order valence-electron chi connectivity index (χ0n) is 16.6. The van der Waals surface area contributed by atoms with Crippen molar-refractivity contribution in [2.75, 3.05) is 11.9 Å². The molecule has 0 aliphatic carbocycles. The lowest BCUT2D eigenvalue weighted by molar-refractivity contribution is -0.107. The van der Waals surface area contributed by atoms with E-state index in [1.54, 1.807) is 0 Å². The first kappa shape index (κ1) is 19.9. The minimum atomic E-state index is -0.0204. The van der Waals surface area contributed by atoms with Gasteiger partial charge in [0.15, 0.2) is 0 Å². The first-order chi connectivity index (χ1) is 13.8. The fraction of sp³-hybridized carbons (Fsp3) is 0.269. The Hall–Kier alpha value is -2.87. The van der Waals surface area contributed by atoms with E-state index in [4.69, 9.17) is 0 Å². The van der Waals surface area contributed by atoms with Gasteiger partial charge in [0.1, 0.15) is 6.29 Å². The molecule has 28 heavy (non-hydrogen) atoms. The second-order valence-electron chi connectivity index (χ2n) is 7.39. The van der Waals surface area contributed by atoms with E-state index in [9.17, 15) is 4.79 Å². The highest BCUT2D eigenvalue weighted by molar-refractivity contribution is 5.57. The Morgan fingerprint density at radius 1 is 0.786 bits per heavy atom. The van der Waals surface area contributed by atoms with Gasteiger partial charge in [0.25, 0.3) is 0 Å². The van der Waals surface area contributed by atoms with Gasteiger partial charge in [0, 0.05) is 24.1 Å². The maximum absolute atomic E-state index is 10.8. The predicted octanol–water partition coefficient (Wildman–Crippen LogP) is 5.82. The molecule has 1 N–H and O–H groups in total. The van der Waals surface area contributed by atoms with E-state index in [1.807, 2.05) is 0 Å². The van der Waals surface area contributed by atoms with Crippen LogP contribution < -0.4 is 5.32 Å². The number of rotatable bonds is 10. The van der Waals surface area contributed by atoms with Crippen LogP contribution in [-0.2, 0) is 23.1 Å². The maximum atomic E-state index is 10.8. The van der Waals surface area contributed by atoms with E-state index in [-0.39, 0.29) is 5.41 Å². The van der Waals surface area contributed by atoms with Crippen molar-refractivity contribution in [1.82, 2.24) is 0 Å². The first-order valence-corrected chi connectivity index (χ1v) is 10.1. The van der Waals surface area contributed by atoms with Crippen molar-refractivity contribution >= 4 is 12.0 Å². The van der Waals surface area contributed by atoms with E-state index in [2.05, 4.69) is 97.2 Å². The van der Waals surface area contributed by atoms with Crippen molar-refractivity contribution < 1.29 is 4.79 Å². The van der Waals surface area contributed by atoms with Gasteiger partial charge in [-0.25, -0.2) is 0 Å². The van der Waals surface area contributed by atoms with Crippen LogP contribution in [-0.4, -0.2) is 12.8 Å². The fourth-order valence-electron chi connectivity index (χ4n) is 4.03. The van der Waals surface area contributed by atoms with Gasteiger partial charge < -0.3 is 10.1 Å². The summed E-state index contributed by atoms with van der Waals surface area (Å²) in [4.78, 5) is 10.8. The van der Waals surface area contributed by atoms with E-state index >= 15 is 0 Å². The molecule has 0 heterocycles. The highest BCUT2D eigenvalue weighted by atomic mass is 16.1. The van der Waals surface area contributed by atoms with Crippen LogP contribution in [0, 0.1) is 0 Å². The summed E-state index contributed by atoms with van der Waals surface area (Å²) in [7, 11) is 0. The van der Waals surface area contributed by atoms with Crippen molar-refractivity contribution in [3.8, 4) is 0 Å². The molecule has 0 atom stereocenters. The quantitative estimate of drug-likeness (QED) is 0.359. The molecule has 0 amide bonds. The summed E-state index contributed by atoms with van der Waals surface area (Å²) in [6.07, 6.45) is 4.47. The Morgan fingerprint density at radius 3 is 1.86 bits per heavy atom. The van der Waals surface area contributed by atoms with E-state index in [0.717, 1.165) is 31.2 Å². The third-order valence-corrected chi connectivity index (χ3v) is 5.52. The topological polar surface area (TPSA) is 29.1 Å². The molecule has 0 radical (unpaired) electrons. The summed E-state index contributed by atoms with van der Waals surface area (Å²) in [5, 5.41) is 3.49. The molecular formula is C26H29NO. The van der Waals surface area contributed by atoms with Gasteiger partial charge in [0.2, 0.25) is 0 Å². The van der Waals surface area contributed by atoms with Crippen LogP contribution in [0.3, 0.4) is 0 Å². The Balaban J connectivity index is 2.03. The largest absolute Gasteiger partial charge is 0.384 e. The van der Waals surface area contributed by atoms with E-state index in [0.29, 0.717) is 13.0 Å². The van der Waals surface area contributed by atoms with Crippen molar-refractivity contribution in [2.24, 2.45) is 0 Å². The van der Waals surface area contributed by atoms with Gasteiger partial charge in [-0.2, -0.15) is 0 Å². The molecule has 2 nitrogen and oxygen atoms in total. The summed E-state index contributed by atoms with van der Waals surface area (Å²) in [5.74, 6) is 0. The van der Waals surface area contributed by atoms with E-state index < -0.39 is 0 Å². The molecule has 0 unspecified atom stereocenters. The number of hydrogen-bond acceptors (Lipinski definition) is 2. The van der Waals surface area contributed by atoms with Gasteiger partial charge in [-0.1, -0.05) is 85.8 Å². The number of carbonyl (C=O) groups is 1. The van der Waals surface area contributed by atoms with Gasteiger partial charge in [0.05, 0.1) is 0 Å². The highest BCUT2D eigenvalue weighted by Gasteiger charge is 2.33. The number of aldehydes is 1. The lowest BCUT2D eigenvalue weighted by atomic mass is 9.69. The van der Waals surface area contributed by atoms with Crippen molar-refractivity contribution in [1.29, 1.82) is 0 Å². The molecule has 0 fully saturated rings. The van der Waals surface area contributed by atoms with Crippen molar-refractivity contribution in [3.05, 3.63) is 102 Å². The average molecular weight is 372 g/mol. The standard InChI is InChI=1S/C26H29NO/c1-2-26(20-22-12-5-3-6-13-22,21-23-14-7-4-8-15-23)24-16-9-10-17-25(24)27-18-11-19-28/h3-10,12-17,19,27H,2,11,18,20-21H2,1H3. The van der Waals surface area contributed by atoms with Crippen molar-refractivity contribution in [3.63, 3.8) is 0 Å². The highest BCUT2D eigenvalue weighted by Crippen LogP contribution is 2.39. The van der Waals surface area contributed by atoms with Gasteiger partial charge in [-0.15, -0.1) is 0 Å². The molecule has 0 spiro atoms. The molecule has 0 saturated carbocycles. The molecule has 2 heteroatoms. The third-order valence-electron chi connectivity index (χ3n) is 5.52. The second kappa shape index (κ2) is 9.89. The second-order valence-corrected chi connectivity index (χ2v) is 7.39. The molecule has 0 aliphatic heterocycles. The molecule has 0 aromatic heterocycles. The molecule has 3 aromatic carbocycles. The summed E-state index contributed by atoms with van der Waals surface area (Å²) >= 11 is 0. The minimum absolute atomic E-state index is 0.0204. The van der Waals surface area contributed by atoms with Crippen molar-refractivity contribution in [2.45, 2.75) is 38.0 Å². The molecule has 3 rings (SSSR count). The SMILES string of the molecule is CCC(Cc1ccccc1)(Cc1ccccc1)c1ccccc1NCCC=O. The molecule has 0 saturated heterocycles. The lowest BCUT2D eigenvalue weighted by Gasteiger charge is -2.36. The number of carbonyl (C=O) groups excluding carboxylic acids is 1. The van der Waals surface area contributed by atoms with Crippen LogP contribution in [0.4, 0.5) is 5.69 Å². The number of para-hydroxylation sites is 1. The van der Waals surface area contributed by atoms with Gasteiger partial charge in [-0.3, -0.25) is 0 Å². The molecule has 0 bridgehead atoms. The van der Waals surface area contributed by atoms with Crippen LogP contribution in [0.5, 0.6) is 0 Å². The van der Waals surface area contributed by atoms with Crippen LogP contribution in [0.2, 0.25) is 0 Å². The normalized spacial score (nSPS) is 11.2. The molecule has 0 aliphatic rings. The Kier molecular flexibility index (Phi) is 7.02. The van der Waals surface area contributed by atoms with Gasteiger partial charge in [-0.05, 0) is 42.0 Å². The predicted molar refractivity (Wildman–Crippen MR) is 118 cm³/mol. The molecule has 144 valence electrons. The summed E-state index contributed by atoms with van der Waals surface area (Å²) < 4.78 is 0. The smallest absolute Gasteiger partial charge is 0.121 e. The zero-order chi connectivity index (χ0) is 19.7. The number of benzene rings is 3. The Morgan fingerprint density at radius 2 is 1.32 bits per heavy atom. The molecular weight excluding hydrogens is 342 g/mol. The molecule has 3 aromatic rings.